The fourth-order valence-corrected chi connectivity index (χ4v) is 3.53. The molecule has 2 heterocycles. The monoisotopic (exact) mass is 553 g/mol. The Hall–Kier alpha value is -2.33. The minimum absolute atomic E-state index is 0. The summed E-state index contributed by atoms with van der Waals surface area (Å²) in [5.74, 6) is 2.76. The van der Waals surface area contributed by atoms with E-state index in [4.69, 9.17) is 20.9 Å². The van der Waals surface area contributed by atoms with Gasteiger partial charge < -0.3 is 19.9 Å². The fraction of sp³-hybridized carbons (Fsp3) is 0.318. The van der Waals surface area contributed by atoms with E-state index in [1.807, 2.05) is 49.4 Å². The second-order valence-corrected chi connectivity index (χ2v) is 7.34. The van der Waals surface area contributed by atoms with Gasteiger partial charge in [0.25, 0.3) is 0 Å². The summed E-state index contributed by atoms with van der Waals surface area (Å²) in [6.45, 7) is 4.03. The lowest BCUT2D eigenvalue weighted by Gasteiger charge is -2.28. The van der Waals surface area contributed by atoms with E-state index < -0.39 is 0 Å². The van der Waals surface area contributed by atoms with Gasteiger partial charge in [-0.05, 0) is 25.1 Å². The summed E-state index contributed by atoms with van der Waals surface area (Å²) < 4.78 is 11.1. The number of benzene rings is 2. The van der Waals surface area contributed by atoms with Crippen molar-refractivity contribution in [1.82, 2.24) is 20.8 Å². The molecule has 0 fully saturated rings. The first-order chi connectivity index (χ1) is 14.7. The molecule has 0 saturated carbocycles. The van der Waals surface area contributed by atoms with Gasteiger partial charge in [-0.25, -0.2) is 0 Å². The van der Waals surface area contributed by atoms with E-state index in [2.05, 4.69) is 31.8 Å². The Kier molecular flexibility index (Phi) is 8.53. The van der Waals surface area contributed by atoms with Crippen molar-refractivity contribution in [2.75, 3.05) is 19.7 Å². The van der Waals surface area contributed by atoms with Crippen LogP contribution in [0.25, 0.3) is 11.4 Å². The van der Waals surface area contributed by atoms with Gasteiger partial charge in [0, 0.05) is 35.5 Å². The van der Waals surface area contributed by atoms with Gasteiger partial charge in [-0.1, -0.05) is 47.1 Å². The number of hydrogen-bond acceptors (Lipinski definition) is 5. The molecule has 7 nitrogen and oxygen atoms in total. The number of guanidine groups is 1. The van der Waals surface area contributed by atoms with Crippen molar-refractivity contribution >= 4 is 41.5 Å². The summed E-state index contributed by atoms with van der Waals surface area (Å²) in [7, 11) is 0. The molecular weight excluding hydrogens is 529 g/mol. The molecule has 9 heteroatoms. The fourth-order valence-electron chi connectivity index (χ4n) is 3.34. The number of para-hydroxylation sites is 1. The second kappa shape index (κ2) is 11.3. The van der Waals surface area contributed by atoms with Crippen molar-refractivity contribution in [3.05, 3.63) is 65.0 Å². The molecule has 2 aromatic carbocycles. The number of rotatable bonds is 6. The van der Waals surface area contributed by atoms with Crippen LogP contribution in [0.15, 0.2) is 58.0 Å². The number of nitrogens with zero attached hydrogens (tertiary/aromatic N) is 3. The third kappa shape index (κ3) is 6.10. The van der Waals surface area contributed by atoms with Gasteiger partial charge in [0.05, 0.1) is 19.2 Å². The number of ether oxygens (including phenoxy) is 1. The Labute approximate surface area is 203 Å². The lowest BCUT2D eigenvalue weighted by atomic mass is 10.0. The van der Waals surface area contributed by atoms with Gasteiger partial charge in [-0.2, -0.15) is 4.98 Å². The maximum atomic E-state index is 6.04. The number of halogens is 2. The van der Waals surface area contributed by atoms with Crippen molar-refractivity contribution in [3.8, 4) is 17.1 Å². The van der Waals surface area contributed by atoms with Gasteiger partial charge in [-0.15, -0.1) is 24.0 Å². The molecular formula is C22H25ClIN5O2. The summed E-state index contributed by atoms with van der Waals surface area (Å²) in [5.41, 5.74) is 1.98. The van der Waals surface area contributed by atoms with E-state index in [-0.39, 0.29) is 30.0 Å². The molecule has 2 N–H and O–H groups in total. The molecule has 4 rings (SSSR count). The molecule has 0 saturated heterocycles. The zero-order valence-electron chi connectivity index (χ0n) is 17.2. The van der Waals surface area contributed by atoms with Crippen LogP contribution in [-0.2, 0) is 6.42 Å². The molecule has 0 amide bonds. The number of hydrogen-bond donors (Lipinski definition) is 2. The first-order valence-electron chi connectivity index (χ1n) is 10.1. The standard InChI is InChI=1S/C22H24ClN5O2.HI/c1-2-24-22(26-18-11-13-29-19-9-4-3-8-17(18)19)25-12-10-20-27-21(28-30-20)15-6-5-7-16(23)14-15;/h3-9,14,18H,2,10-13H2,1H3,(H2,24,25,26);1H. The molecule has 1 aliphatic heterocycles. The minimum atomic E-state index is 0. The third-order valence-electron chi connectivity index (χ3n) is 4.76. The SMILES string of the molecule is CCNC(=NCCc1nc(-c2cccc(Cl)c2)no1)NC1CCOc2ccccc21.I. The summed E-state index contributed by atoms with van der Waals surface area (Å²) in [6.07, 6.45) is 1.43. The van der Waals surface area contributed by atoms with Gasteiger partial charge in [0.15, 0.2) is 5.96 Å². The van der Waals surface area contributed by atoms with Crippen molar-refractivity contribution in [1.29, 1.82) is 0 Å². The van der Waals surface area contributed by atoms with Gasteiger partial charge >= 0.3 is 0 Å². The molecule has 0 radical (unpaired) electrons. The molecule has 1 unspecified atom stereocenters. The summed E-state index contributed by atoms with van der Waals surface area (Å²) in [4.78, 5) is 9.12. The molecule has 1 atom stereocenters. The Morgan fingerprint density at radius 3 is 2.94 bits per heavy atom. The van der Waals surface area contributed by atoms with Crippen molar-refractivity contribution in [2.24, 2.45) is 4.99 Å². The lowest BCUT2D eigenvalue weighted by molar-refractivity contribution is 0.261. The number of aliphatic imine (C=N–C) groups is 1. The molecule has 3 aromatic rings. The van der Waals surface area contributed by atoms with E-state index >= 15 is 0 Å². The van der Waals surface area contributed by atoms with Gasteiger partial charge in [0.2, 0.25) is 11.7 Å². The molecule has 0 bridgehead atoms. The predicted molar refractivity (Wildman–Crippen MR) is 132 cm³/mol. The van der Waals surface area contributed by atoms with Crippen LogP contribution < -0.4 is 15.4 Å². The summed E-state index contributed by atoms with van der Waals surface area (Å²) in [6, 6.07) is 15.7. The number of aromatic nitrogens is 2. The highest BCUT2D eigenvalue weighted by molar-refractivity contribution is 14.0. The van der Waals surface area contributed by atoms with E-state index in [0.717, 1.165) is 35.8 Å². The van der Waals surface area contributed by atoms with Crippen LogP contribution in [0.5, 0.6) is 5.75 Å². The third-order valence-corrected chi connectivity index (χ3v) is 5.00. The molecule has 1 aliphatic rings. The highest BCUT2D eigenvalue weighted by Crippen LogP contribution is 2.31. The van der Waals surface area contributed by atoms with E-state index in [9.17, 15) is 0 Å². The minimum Gasteiger partial charge on any atom is -0.493 e. The number of nitrogens with one attached hydrogen (secondary N) is 2. The lowest BCUT2D eigenvalue weighted by Crippen LogP contribution is -2.41. The maximum Gasteiger partial charge on any atom is 0.228 e. The molecule has 0 spiro atoms. The average Bonchev–Trinajstić information content (AvgIpc) is 3.23. The predicted octanol–water partition coefficient (Wildman–Crippen LogP) is 4.63. The van der Waals surface area contributed by atoms with Crippen molar-refractivity contribution < 1.29 is 9.26 Å². The molecule has 1 aromatic heterocycles. The van der Waals surface area contributed by atoms with Gasteiger partial charge in [-0.3, -0.25) is 4.99 Å². The average molecular weight is 554 g/mol. The van der Waals surface area contributed by atoms with E-state index in [1.165, 1.54) is 0 Å². The van der Waals surface area contributed by atoms with E-state index in [0.29, 0.717) is 36.3 Å². The quantitative estimate of drug-likeness (QED) is 0.263. The highest BCUT2D eigenvalue weighted by atomic mass is 127. The Morgan fingerprint density at radius 1 is 1.23 bits per heavy atom. The van der Waals surface area contributed by atoms with Crippen molar-refractivity contribution in [2.45, 2.75) is 25.8 Å². The van der Waals surface area contributed by atoms with Crippen LogP contribution in [0.2, 0.25) is 5.02 Å². The number of fused-ring (bicyclic) bond motifs is 1. The Bertz CT molecular complexity index is 1030. The normalized spacial score (nSPS) is 15.4. The van der Waals surface area contributed by atoms with Crippen LogP contribution >= 0.6 is 35.6 Å². The van der Waals surface area contributed by atoms with E-state index in [1.54, 1.807) is 0 Å². The second-order valence-electron chi connectivity index (χ2n) is 6.90. The van der Waals surface area contributed by atoms with Crippen LogP contribution in [0, 0.1) is 0 Å². The maximum absolute atomic E-state index is 6.04. The smallest absolute Gasteiger partial charge is 0.228 e. The Balaban J connectivity index is 0.00000272. The van der Waals surface area contributed by atoms with Crippen LogP contribution in [0.3, 0.4) is 0 Å². The molecule has 164 valence electrons. The van der Waals surface area contributed by atoms with Crippen molar-refractivity contribution in [3.63, 3.8) is 0 Å². The topological polar surface area (TPSA) is 84.6 Å². The largest absolute Gasteiger partial charge is 0.493 e. The van der Waals surface area contributed by atoms with Gasteiger partial charge in [0.1, 0.15) is 5.75 Å². The van der Waals surface area contributed by atoms with Crippen LogP contribution in [-0.4, -0.2) is 35.8 Å². The summed E-state index contributed by atoms with van der Waals surface area (Å²) >= 11 is 6.04. The first kappa shape index (κ1) is 23.3. The zero-order valence-corrected chi connectivity index (χ0v) is 20.3. The molecule has 0 aliphatic carbocycles. The highest BCUT2D eigenvalue weighted by Gasteiger charge is 2.21. The molecule has 31 heavy (non-hydrogen) atoms. The Morgan fingerprint density at radius 2 is 2.10 bits per heavy atom. The summed E-state index contributed by atoms with van der Waals surface area (Å²) in [5, 5.41) is 11.5. The van der Waals surface area contributed by atoms with Crippen LogP contribution in [0.1, 0.15) is 30.8 Å². The zero-order chi connectivity index (χ0) is 20.8. The van der Waals surface area contributed by atoms with Crippen LogP contribution in [0.4, 0.5) is 0 Å². The first-order valence-corrected chi connectivity index (χ1v) is 10.5.